The first-order valence-corrected chi connectivity index (χ1v) is 11.5. The van der Waals surface area contributed by atoms with Crippen LogP contribution in [0.5, 0.6) is 5.75 Å². The molecule has 35 heavy (non-hydrogen) atoms. The molecule has 0 saturated heterocycles. The number of carbonyl (C=O) groups is 2. The van der Waals surface area contributed by atoms with Crippen molar-refractivity contribution in [2.75, 3.05) is 11.1 Å². The zero-order valence-electron chi connectivity index (χ0n) is 18.2. The van der Waals surface area contributed by atoms with E-state index in [1.807, 2.05) is 66.7 Å². The number of phenols is 1. The van der Waals surface area contributed by atoms with Gasteiger partial charge in [-0.2, -0.15) is 0 Å². The first-order valence-electron chi connectivity index (χ1n) is 10.6. The van der Waals surface area contributed by atoms with Crippen molar-refractivity contribution in [2.24, 2.45) is 0 Å². The van der Waals surface area contributed by atoms with Gasteiger partial charge in [0.2, 0.25) is 0 Å². The Morgan fingerprint density at radius 3 is 2.20 bits per heavy atom. The van der Waals surface area contributed by atoms with Crippen molar-refractivity contribution in [3.05, 3.63) is 95.4 Å². The van der Waals surface area contributed by atoms with E-state index in [0.29, 0.717) is 15.9 Å². The third-order valence-electron chi connectivity index (χ3n) is 5.54. The molecule has 5 aromatic rings. The number of nitrogens with two attached hydrogens (primary N) is 1. The fraction of sp³-hybridized carbons (Fsp3) is 0. The van der Waals surface area contributed by atoms with E-state index >= 15 is 0 Å². The number of carboxylic acid groups (broad SMARTS) is 1. The second-order valence-corrected chi connectivity index (χ2v) is 8.80. The van der Waals surface area contributed by atoms with Crippen molar-refractivity contribution in [3.8, 4) is 28.1 Å². The summed E-state index contributed by atoms with van der Waals surface area (Å²) in [5.74, 6) is -2.18. The number of amides is 1. The zero-order chi connectivity index (χ0) is 24.5. The Bertz CT molecular complexity index is 1580. The largest absolute Gasteiger partial charge is 0.507 e. The molecule has 5 rings (SSSR count). The molecule has 172 valence electrons. The highest BCUT2D eigenvalue weighted by atomic mass is 32.1. The number of benzene rings is 3. The Labute approximate surface area is 204 Å². The van der Waals surface area contributed by atoms with Crippen molar-refractivity contribution in [1.29, 1.82) is 0 Å². The van der Waals surface area contributed by atoms with E-state index in [0.717, 1.165) is 22.4 Å². The maximum atomic E-state index is 13.2. The van der Waals surface area contributed by atoms with Gasteiger partial charge in [0.15, 0.2) is 0 Å². The topological polar surface area (TPSA) is 126 Å². The lowest BCUT2D eigenvalue weighted by molar-refractivity contribution is 0.0693. The first-order chi connectivity index (χ1) is 16.9. The summed E-state index contributed by atoms with van der Waals surface area (Å²) in [6, 6.07) is 25.3. The number of aromatic hydroxyl groups is 1. The number of nitrogen functional groups attached to an aromatic ring is 1. The number of nitrogens with zero attached hydrogens (tertiary/aromatic N) is 1. The molecule has 5 N–H and O–H groups in total. The van der Waals surface area contributed by atoms with Crippen LogP contribution < -0.4 is 11.1 Å². The van der Waals surface area contributed by atoms with Crippen LogP contribution in [0.1, 0.15) is 20.0 Å². The Hall–Kier alpha value is -4.69. The Kier molecular flexibility index (Phi) is 5.64. The molecule has 0 fully saturated rings. The van der Waals surface area contributed by atoms with E-state index in [2.05, 4.69) is 5.32 Å². The van der Waals surface area contributed by atoms with Gasteiger partial charge < -0.3 is 21.3 Å². The van der Waals surface area contributed by atoms with Crippen molar-refractivity contribution in [2.45, 2.75) is 0 Å². The van der Waals surface area contributed by atoms with Gasteiger partial charge in [0.1, 0.15) is 21.0 Å². The third kappa shape index (κ3) is 4.18. The molecule has 0 aliphatic rings. The van der Waals surface area contributed by atoms with E-state index < -0.39 is 11.9 Å². The molecule has 1 amide bonds. The van der Waals surface area contributed by atoms with Crippen LogP contribution in [0.3, 0.4) is 0 Å². The Morgan fingerprint density at radius 2 is 1.54 bits per heavy atom. The molecular weight excluding hydrogens is 462 g/mol. The smallest absolute Gasteiger partial charge is 0.339 e. The highest BCUT2D eigenvalue weighted by Gasteiger charge is 2.22. The maximum Gasteiger partial charge on any atom is 0.339 e. The van der Waals surface area contributed by atoms with Crippen LogP contribution in [-0.4, -0.2) is 27.1 Å². The summed E-state index contributed by atoms with van der Waals surface area (Å²) in [6.45, 7) is 0. The van der Waals surface area contributed by atoms with E-state index in [-0.39, 0.29) is 21.9 Å². The van der Waals surface area contributed by atoms with Gasteiger partial charge in [-0.15, -0.1) is 11.3 Å². The standard InChI is InChI=1S/C27H19N3O4S/c28-23-22-18(15-7-3-1-4-8-15)14-20(16-9-5-2-6-10-16)30-26(22)35-24(23)25(32)29-17-11-12-21(31)19(13-17)27(33)34/h1-14,31H,28H2,(H,29,32)(H,33,34). The van der Waals surface area contributed by atoms with E-state index in [1.54, 1.807) is 0 Å². The minimum atomic E-state index is -1.30. The van der Waals surface area contributed by atoms with Crippen molar-refractivity contribution >= 4 is 44.8 Å². The van der Waals surface area contributed by atoms with Gasteiger partial charge in [-0.05, 0) is 35.4 Å². The van der Waals surface area contributed by atoms with Gasteiger partial charge in [-0.3, -0.25) is 4.79 Å². The molecule has 0 radical (unpaired) electrons. The lowest BCUT2D eigenvalue weighted by atomic mass is 9.99. The number of hydrogen-bond donors (Lipinski definition) is 4. The fourth-order valence-corrected chi connectivity index (χ4v) is 4.88. The molecule has 0 bridgehead atoms. The van der Waals surface area contributed by atoms with Gasteiger partial charge in [0, 0.05) is 16.6 Å². The van der Waals surface area contributed by atoms with Gasteiger partial charge in [-0.25, -0.2) is 9.78 Å². The van der Waals surface area contributed by atoms with E-state index in [9.17, 15) is 19.8 Å². The number of fused-ring (bicyclic) bond motifs is 1. The molecule has 8 heteroatoms. The second kappa shape index (κ2) is 8.92. The van der Waals surface area contributed by atoms with Gasteiger partial charge in [0.05, 0.1) is 11.4 Å². The lowest BCUT2D eigenvalue weighted by Gasteiger charge is -2.09. The number of anilines is 2. The molecule has 0 spiro atoms. The Balaban J connectivity index is 1.63. The molecule has 7 nitrogen and oxygen atoms in total. The number of carbonyl (C=O) groups excluding carboxylic acids is 1. The third-order valence-corrected chi connectivity index (χ3v) is 6.64. The molecule has 0 aliphatic carbocycles. The molecule has 2 heterocycles. The Morgan fingerprint density at radius 1 is 0.886 bits per heavy atom. The van der Waals surface area contributed by atoms with Crippen LogP contribution in [0, 0.1) is 0 Å². The number of carboxylic acids is 1. The fourth-order valence-electron chi connectivity index (χ4n) is 3.86. The molecule has 0 unspecified atom stereocenters. The summed E-state index contributed by atoms with van der Waals surface area (Å²) in [5, 5.41) is 22.3. The van der Waals surface area contributed by atoms with Gasteiger partial charge in [-0.1, -0.05) is 60.7 Å². The predicted octanol–water partition coefficient (Wildman–Crippen LogP) is 5.87. The summed E-state index contributed by atoms with van der Waals surface area (Å²) < 4.78 is 0. The molecule has 0 atom stereocenters. The van der Waals surface area contributed by atoms with Gasteiger partial charge >= 0.3 is 5.97 Å². The number of hydrogen-bond acceptors (Lipinski definition) is 6. The summed E-state index contributed by atoms with van der Waals surface area (Å²) >= 11 is 1.17. The van der Waals surface area contributed by atoms with E-state index in [1.165, 1.54) is 29.5 Å². The highest BCUT2D eigenvalue weighted by Crippen LogP contribution is 2.41. The van der Waals surface area contributed by atoms with Crippen LogP contribution in [-0.2, 0) is 0 Å². The number of nitrogens with one attached hydrogen (secondary N) is 1. The van der Waals surface area contributed by atoms with Crippen molar-refractivity contribution < 1.29 is 19.8 Å². The summed E-state index contributed by atoms with van der Waals surface area (Å²) in [4.78, 5) is 30.2. The minimum Gasteiger partial charge on any atom is -0.507 e. The average molecular weight is 482 g/mol. The number of thiophene rings is 1. The van der Waals surface area contributed by atoms with Crippen LogP contribution in [0.4, 0.5) is 11.4 Å². The summed E-state index contributed by atoms with van der Waals surface area (Å²) in [7, 11) is 0. The molecule has 2 aromatic heterocycles. The van der Waals surface area contributed by atoms with Crippen molar-refractivity contribution in [3.63, 3.8) is 0 Å². The summed E-state index contributed by atoms with van der Waals surface area (Å²) in [6.07, 6.45) is 0. The monoisotopic (exact) mass is 481 g/mol. The molecule has 0 saturated carbocycles. The van der Waals surface area contributed by atoms with Crippen LogP contribution in [0.15, 0.2) is 84.9 Å². The van der Waals surface area contributed by atoms with Gasteiger partial charge in [0.25, 0.3) is 5.91 Å². The van der Waals surface area contributed by atoms with Crippen LogP contribution >= 0.6 is 11.3 Å². The van der Waals surface area contributed by atoms with Crippen molar-refractivity contribution in [1.82, 2.24) is 4.98 Å². The highest BCUT2D eigenvalue weighted by molar-refractivity contribution is 7.21. The van der Waals surface area contributed by atoms with E-state index in [4.69, 9.17) is 10.7 Å². The quantitative estimate of drug-likeness (QED) is 0.233. The number of aromatic carboxylic acids is 1. The number of aromatic nitrogens is 1. The average Bonchev–Trinajstić information content (AvgIpc) is 3.22. The second-order valence-electron chi connectivity index (χ2n) is 7.80. The van der Waals surface area contributed by atoms with Crippen LogP contribution in [0.25, 0.3) is 32.6 Å². The maximum absolute atomic E-state index is 13.2. The molecule has 0 aliphatic heterocycles. The normalized spacial score (nSPS) is 10.9. The zero-order valence-corrected chi connectivity index (χ0v) is 19.0. The molecule has 3 aromatic carbocycles. The number of rotatable bonds is 5. The minimum absolute atomic E-state index is 0.225. The summed E-state index contributed by atoms with van der Waals surface area (Å²) in [5.41, 5.74) is 10.2. The predicted molar refractivity (Wildman–Crippen MR) is 138 cm³/mol. The lowest BCUT2D eigenvalue weighted by Crippen LogP contribution is -2.12. The number of pyridine rings is 1. The van der Waals surface area contributed by atoms with Crippen LogP contribution in [0.2, 0.25) is 0 Å². The first kappa shape index (κ1) is 22.1. The molecular formula is C27H19N3O4S. The SMILES string of the molecule is Nc1c(C(=O)Nc2ccc(O)c(C(=O)O)c2)sc2nc(-c3ccccc3)cc(-c3ccccc3)c12.